The number of nitrogens with zero attached hydrogens (tertiary/aromatic N) is 2. The molecule has 106 valence electrons. The molecule has 0 fully saturated rings. The van der Waals surface area contributed by atoms with Crippen LogP contribution in [-0.2, 0) is 0 Å². The van der Waals surface area contributed by atoms with E-state index in [4.69, 9.17) is 15.0 Å². The molecule has 0 saturated carbocycles. The summed E-state index contributed by atoms with van der Waals surface area (Å²) in [4.78, 5) is 4.24. The SMILES string of the molecule is COc1cc(-c2onc(N)c2-c2ccccn2)ccc1F. The maximum Gasteiger partial charge on any atom is 0.178 e. The van der Waals surface area contributed by atoms with Crippen molar-refractivity contribution in [3.05, 3.63) is 48.4 Å². The number of ether oxygens (including phenoxy) is 1. The Balaban J connectivity index is 2.17. The predicted octanol–water partition coefficient (Wildman–Crippen LogP) is 3.13. The van der Waals surface area contributed by atoms with E-state index in [0.717, 1.165) is 0 Å². The fourth-order valence-corrected chi connectivity index (χ4v) is 2.06. The van der Waals surface area contributed by atoms with Crippen LogP contribution in [0.5, 0.6) is 5.75 Å². The van der Waals surface area contributed by atoms with Crippen LogP contribution < -0.4 is 10.5 Å². The first kappa shape index (κ1) is 13.1. The van der Waals surface area contributed by atoms with Crippen molar-refractivity contribution in [1.82, 2.24) is 10.1 Å². The third kappa shape index (κ3) is 2.31. The molecule has 3 aromatic rings. The third-order valence-electron chi connectivity index (χ3n) is 3.05. The maximum absolute atomic E-state index is 13.5. The summed E-state index contributed by atoms with van der Waals surface area (Å²) in [7, 11) is 1.40. The smallest absolute Gasteiger partial charge is 0.178 e. The molecule has 0 unspecified atom stereocenters. The second-order valence-electron chi connectivity index (χ2n) is 4.34. The summed E-state index contributed by atoms with van der Waals surface area (Å²) in [6.45, 7) is 0. The lowest BCUT2D eigenvalue weighted by molar-refractivity contribution is 0.386. The van der Waals surface area contributed by atoms with Gasteiger partial charge in [-0.25, -0.2) is 4.39 Å². The number of hydrogen-bond donors (Lipinski definition) is 1. The van der Waals surface area contributed by atoms with Crippen LogP contribution in [-0.4, -0.2) is 17.3 Å². The molecule has 0 aliphatic rings. The summed E-state index contributed by atoms with van der Waals surface area (Å²) < 4.78 is 23.8. The number of nitrogen functional groups attached to an aromatic ring is 1. The minimum atomic E-state index is -0.451. The van der Waals surface area contributed by atoms with Gasteiger partial charge < -0.3 is 15.0 Å². The van der Waals surface area contributed by atoms with Gasteiger partial charge in [0.05, 0.1) is 18.4 Å². The Kier molecular flexibility index (Phi) is 3.27. The van der Waals surface area contributed by atoms with E-state index in [2.05, 4.69) is 10.1 Å². The topological polar surface area (TPSA) is 74.2 Å². The summed E-state index contributed by atoms with van der Waals surface area (Å²) in [5.74, 6) is 0.319. The molecule has 2 aromatic heterocycles. The number of anilines is 1. The molecule has 0 atom stereocenters. The van der Waals surface area contributed by atoms with Crippen LogP contribution in [0.4, 0.5) is 10.2 Å². The van der Waals surface area contributed by atoms with Gasteiger partial charge in [-0.05, 0) is 30.3 Å². The van der Waals surface area contributed by atoms with Gasteiger partial charge in [0.1, 0.15) is 0 Å². The molecule has 5 nitrogen and oxygen atoms in total. The molecular formula is C15H12FN3O2. The molecule has 0 radical (unpaired) electrons. The van der Waals surface area contributed by atoms with Crippen molar-refractivity contribution in [1.29, 1.82) is 0 Å². The van der Waals surface area contributed by atoms with E-state index in [1.807, 2.05) is 6.07 Å². The number of benzene rings is 1. The normalized spacial score (nSPS) is 10.6. The first-order valence-corrected chi connectivity index (χ1v) is 6.21. The molecular weight excluding hydrogens is 273 g/mol. The third-order valence-corrected chi connectivity index (χ3v) is 3.05. The highest BCUT2D eigenvalue weighted by Crippen LogP contribution is 2.37. The van der Waals surface area contributed by atoms with E-state index in [1.54, 1.807) is 24.4 Å². The molecule has 0 spiro atoms. The second kappa shape index (κ2) is 5.24. The molecule has 0 aliphatic carbocycles. The Bertz CT molecular complexity index is 772. The van der Waals surface area contributed by atoms with E-state index in [1.165, 1.54) is 19.2 Å². The summed E-state index contributed by atoms with van der Waals surface area (Å²) in [6.07, 6.45) is 1.65. The van der Waals surface area contributed by atoms with Crippen molar-refractivity contribution < 1.29 is 13.7 Å². The van der Waals surface area contributed by atoms with Gasteiger partial charge in [-0.1, -0.05) is 11.2 Å². The lowest BCUT2D eigenvalue weighted by atomic mass is 10.1. The average Bonchev–Trinajstić information content (AvgIpc) is 2.90. The Morgan fingerprint density at radius 1 is 1.24 bits per heavy atom. The highest BCUT2D eigenvalue weighted by Gasteiger charge is 2.19. The predicted molar refractivity (Wildman–Crippen MR) is 76.1 cm³/mol. The molecule has 2 heterocycles. The summed E-state index contributed by atoms with van der Waals surface area (Å²) in [5.41, 5.74) is 7.68. The zero-order valence-electron chi connectivity index (χ0n) is 11.2. The van der Waals surface area contributed by atoms with Gasteiger partial charge >= 0.3 is 0 Å². The standard InChI is InChI=1S/C15H12FN3O2/c1-20-12-8-9(5-6-10(12)16)14-13(15(17)19-21-14)11-4-2-3-7-18-11/h2-8H,1H3,(H2,17,19). The monoisotopic (exact) mass is 285 g/mol. The van der Waals surface area contributed by atoms with Crippen molar-refractivity contribution in [2.75, 3.05) is 12.8 Å². The summed E-state index contributed by atoms with van der Waals surface area (Å²) in [6, 6.07) is 9.84. The Labute approximate surface area is 120 Å². The molecule has 0 saturated heterocycles. The van der Waals surface area contributed by atoms with Crippen LogP contribution >= 0.6 is 0 Å². The first-order chi connectivity index (χ1) is 10.2. The molecule has 0 amide bonds. The summed E-state index contributed by atoms with van der Waals surface area (Å²) in [5, 5.41) is 3.78. The molecule has 21 heavy (non-hydrogen) atoms. The molecule has 0 aliphatic heterocycles. The van der Waals surface area contributed by atoms with Gasteiger partial charge in [-0.2, -0.15) is 0 Å². The Hall–Kier alpha value is -2.89. The number of halogens is 1. The molecule has 2 N–H and O–H groups in total. The molecule has 3 rings (SSSR count). The second-order valence-corrected chi connectivity index (χ2v) is 4.34. The fraction of sp³-hybridized carbons (Fsp3) is 0.0667. The van der Waals surface area contributed by atoms with Crippen LogP contribution in [0.15, 0.2) is 47.1 Å². The van der Waals surface area contributed by atoms with Crippen LogP contribution in [0, 0.1) is 5.82 Å². The van der Waals surface area contributed by atoms with Crippen molar-refractivity contribution in [2.45, 2.75) is 0 Å². The quantitative estimate of drug-likeness (QED) is 0.800. The van der Waals surface area contributed by atoms with Gasteiger partial charge in [0.15, 0.2) is 23.1 Å². The number of hydrogen-bond acceptors (Lipinski definition) is 5. The Morgan fingerprint density at radius 2 is 2.10 bits per heavy atom. The van der Waals surface area contributed by atoms with Crippen LogP contribution in [0.2, 0.25) is 0 Å². The minimum Gasteiger partial charge on any atom is -0.494 e. The van der Waals surface area contributed by atoms with E-state index >= 15 is 0 Å². The number of methoxy groups -OCH3 is 1. The van der Waals surface area contributed by atoms with Crippen LogP contribution in [0.25, 0.3) is 22.6 Å². The summed E-state index contributed by atoms with van der Waals surface area (Å²) >= 11 is 0. The van der Waals surface area contributed by atoms with Crippen molar-refractivity contribution in [3.63, 3.8) is 0 Å². The Morgan fingerprint density at radius 3 is 2.81 bits per heavy atom. The molecule has 0 bridgehead atoms. The van der Waals surface area contributed by atoms with Gasteiger partial charge in [0.2, 0.25) is 0 Å². The zero-order chi connectivity index (χ0) is 14.8. The lowest BCUT2D eigenvalue weighted by Gasteiger charge is -2.05. The van der Waals surface area contributed by atoms with Crippen LogP contribution in [0.3, 0.4) is 0 Å². The number of aromatic nitrogens is 2. The van der Waals surface area contributed by atoms with Gasteiger partial charge in [0.25, 0.3) is 0 Å². The van der Waals surface area contributed by atoms with Crippen LogP contribution in [0.1, 0.15) is 0 Å². The highest BCUT2D eigenvalue weighted by atomic mass is 19.1. The van der Waals surface area contributed by atoms with E-state index in [0.29, 0.717) is 22.6 Å². The number of rotatable bonds is 3. The van der Waals surface area contributed by atoms with E-state index in [9.17, 15) is 4.39 Å². The fourth-order valence-electron chi connectivity index (χ4n) is 2.06. The van der Waals surface area contributed by atoms with Gasteiger partial charge in [-0.3, -0.25) is 4.98 Å². The van der Waals surface area contributed by atoms with E-state index < -0.39 is 5.82 Å². The maximum atomic E-state index is 13.5. The van der Waals surface area contributed by atoms with Gasteiger partial charge in [0, 0.05) is 11.8 Å². The van der Waals surface area contributed by atoms with Crippen molar-refractivity contribution in [3.8, 4) is 28.3 Å². The number of nitrogens with two attached hydrogens (primary N) is 1. The largest absolute Gasteiger partial charge is 0.494 e. The number of pyridine rings is 1. The van der Waals surface area contributed by atoms with E-state index in [-0.39, 0.29) is 11.6 Å². The van der Waals surface area contributed by atoms with Crippen molar-refractivity contribution >= 4 is 5.82 Å². The average molecular weight is 285 g/mol. The minimum absolute atomic E-state index is 0.120. The van der Waals surface area contributed by atoms with Gasteiger partial charge in [-0.15, -0.1) is 0 Å². The molecule has 6 heteroatoms. The van der Waals surface area contributed by atoms with Crippen molar-refractivity contribution in [2.24, 2.45) is 0 Å². The molecule has 1 aromatic carbocycles. The lowest BCUT2D eigenvalue weighted by Crippen LogP contribution is -1.92. The zero-order valence-corrected chi connectivity index (χ0v) is 11.2. The highest BCUT2D eigenvalue weighted by molar-refractivity contribution is 5.85. The first-order valence-electron chi connectivity index (χ1n) is 6.21.